The zero-order chi connectivity index (χ0) is 27.1. The average molecular weight is 611 g/mol. The number of benzene rings is 2. The molecule has 0 saturated heterocycles. The summed E-state index contributed by atoms with van der Waals surface area (Å²) >= 11 is 0. The highest BCUT2D eigenvalue weighted by Gasteiger charge is 2.28. The fourth-order valence-corrected chi connectivity index (χ4v) is 5.75. The van der Waals surface area contributed by atoms with Crippen molar-refractivity contribution >= 4 is 16.6 Å². The number of fused-ring (bicyclic) bond motifs is 5. The molecule has 2 aromatic carbocycles. The van der Waals surface area contributed by atoms with E-state index in [9.17, 15) is 0 Å². The molecule has 2 aliphatic heterocycles. The van der Waals surface area contributed by atoms with Crippen molar-refractivity contribution in [2.45, 2.75) is 65.7 Å². The van der Waals surface area contributed by atoms with E-state index in [1.54, 1.807) is 7.11 Å². The zero-order valence-electron chi connectivity index (χ0n) is 23.7. The van der Waals surface area contributed by atoms with Crippen LogP contribution in [0.5, 0.6) is 23.0 Å². The number of methoxy groups -OCH3 is 1. The topological polar surface area (TPSA) is 74.8 Å². The summed E-state index contributed by atoms with van der Waals surface area (Å²) in [5.74, 6) is 4.05. The third-order valence-electron chi connectivity index (χ3n) is 7.48. The normalized spacial score (nSPS) is 13.3. The minimum Gasteiger partial charge on any atom is -1.00 e. The molecule has 0 atom stereocenters. The first kappa shape index (κ1) is 28.0. The van der Waals surface area contributed by atoms with Crippen molar-refractivity contribution in [3.63, 3.8) is 0 Å². The predicted octanol–water partition coefficient (Wildman–Crippen LogP) is 1.78. The number of hydrogen-bond donors (Lipinski definition) is 0. The highest BCUT2D eigenvalue weighted by atomic mass is 79.9. The van der Waals surface area contributed by atoms with Crippen LogP contribution in [0.1, 0.15) is 39.7 Å². The van der Waals surface area contributed by atoms with Crippen molar-refractivity contribution in [1.29, 1.82) is 0 Å². The first-order valence-electron chi connectivity index (χ1n) is 13.7. The van der Waals surface area contributed by atoms with Gasteiger partial charge in [-0.15, -0.1) is 5.10 Å². The van der Waals surface area contributed by atoms with Crippen molar-refractivity contribution in [1.82, 2.24) is 15.0 Å². The molecule has 4 heterocycles. The first-order valence-corrected chi connectivity index (χ1v) is 13.7. The second-order valence-electron chi connectivity index (χ2n) is 10.7. The third kappa shape index (κ3) is 5.16. The largest absolute Gasteiger partial charge is 1.00 e. The maximum absolute atomic E-state index is 6.37. The van der Waals surface area contributed by atoms with Gasteiger partial charge in [-0.3, -0.25) is 4.68 Å². The van der Waals surface area contributed by atoms with Gasteiger partial charge in [-0.2, -0.15) is 4.57 Å². The molecule has 0 spiro atoms. The van der Waals surface area contributed by atoms with Crippen LogP contribution < -0.4 is 45.4 Å². The number of pyridine rings is 1. The van der Waals surface area contributed by atoms with E-state index in [1.165, 1.54) is 11.1 Å². The summed E-state index contributed by atoms with van der Waals surface area (Å²) in [6.07, 6.45) is 5.93. The smallest absolute Gasteiger partial charge is 0.231 e. The molecule has 0 amide bonds. The number of hydrogen-bond acceptors (Lipinski definition) is 7. The lowest BCUT2D eigenvalue weighted by molar-refractivity contribution is -0.686. The van der Waals surface area contributed by atoms with Crippen LogP contribution in [0.3, 0.4) is 0 Å². The van der Waals surface area contributed by atoms with Crippen LogP contribution in [0.15, 0.2) is 42.7 Å². The predicted molar refractivity (Wildman–Crippen MR) is 149 cm³/mol. The molecule has 0 fully saturated rings. The van der Waals surface area contributed by atoms with E-state index in [1.807, 2.05) is 16.9 Å². The molecule has 4 aromatic rings. The quantitative estimate of drug-likeness (QED) is 0.211. The zero-order valence-corrected chi connectivity index (χ0v) is 25.3. The molecular formula is C30H36BrN5O4. The fraction of sp³-hybridized carbons (Fsp3) is 0.433. The lowest BCUT2D eigenvalue weighted by Crippen LogP contribution is -3.00. The van der Waals surface area contributed by atoms with Crippen molar-refractivity contribution < 1.29 is 40.5 Å². The van der Waals surface area contributed by atoms with Crippen LogP contribution in [-0.4, -0.2) is 47.6 Å². The Morgan fingerprint density at radius 2 is 1.85 bits per heavy atom. The molecule has 40 heavy (non-hydrogen) atoms. The fourth-order valence-electron chi connectivity index (χ4n) is 5.75. The highest BCUT2D eigenvalue weighted by molar-refractivity contribution is 5.91. The standard InChI is InChI=1S/C30H36N5O4.BrH/c1-19(2)35(20(3)4)29-17-34(32-31-29)10-6-12-37-30-24-16-33-11-9-22-14-27-28(39-18-38-27)15-23(22)25(33)13-21(24)7-8-26(30)36-5;/h7-8,13-17,19-20H,6,9-12,18H2,1-5H3;1H/q+1;/p-1. The summed E-state index contributed by atoms with van der Waals surface area (Å²) in [5, 5.41) is 10.9. The number of nitrogens with zero attached hydrogens (tertiary/aromatic N) is 5. The van der Waals surface area contributed by atoms with Crippen LogP contribution in [0.2, 0.25) is 0 Å². The van der Waals surface area contributed by atoms with Crippen LogP contribution >= 0.6 is 0 Å². The lowest BCUT2D eigenvalue weighted by Gasteiger charge is -2.30. The Kier molecular flexibility index (Phi) is 8.07. The summed E-state index contributed by atoms with van der Waals surface area (Å²) in [6.45, 7) is 11.1. The maximum Gasteiger partial charge on any atom is 0.231 e. The van der Waals surface area contributed by atoms with E-state index in [0.29, 0.717) is 18.7 Å². The van der Waals surface area contributed by atoms with Gasteiger partial charge in [0.15, 0.2) is 41.6 Å². The average Bonchev–Trinajstić information content (AvgIpc) is 3.57. The number of aromatic nitrogens is 4. The molecule has 0 aliphatic carbocycles. The summed E-state index contributed by atoms with van der Waals surface area (Å²) in [5.41, 5.74) is 3.63. The molecule has 2 aromatic heterocycles. The molecular weight excluding hydrogens is 574 g/mol. The number of aryl methyl sites for hydroxylation is 3. The Balaban J connectivity index is 0.00000323. The molecule has 10 heteroatoms. The van der Waals surface area contributed by atoms with E-state index in [-0.39, 0.29) is 23.8 Å². The van der Waals surface area contributed by atoms with E-state index in [4.69, 9.17) is 18.9 Å². The molecule has 0 bridgehead atoms. The summed E-state index contributed by atoms with van der Waals surface area (Å²) in [4.78, 5) is 2.27. The molecule has 212 valence electrons. The molecule has 2 aliphatic rings. The van der Waals surface area contributed by atoms with Gasteiger partial charge in [-0.1, -0.05) is 5.21 Å². The van der Waals surface area contributed by atoms with Gasteiger partial charge in [-0.05, 0) is 62.9 Å². The van der Waals surface area contributed by atoms with E-state index < -0.39 is 0 Å². The van der Waals surface area contributed by atoms with Crippen LogP contribution in [0.4, 0.5) is 5.82 Å². The molecule has 9 nitrogen and oxygen atoms in total. The summed E-state index contributed by atoms with van der Waals surface area (Å²) in [6, 6.07) is 11.2. The maximum atomic E-state index is 6.37. The molecule has 0 saturated carbocycles. The van der Waals surface area contributed by atoms with Crippen LogP contribution in [0, 0.1) is 0 Å². The van der Waals surface area contributed by atoms with Gasteiger partial charge in [0.1, 0.15) is 0 Å². The minimum atomic E-state index is 0. The van der Waals surface area contributed by atoms with E-state index >= 15 is 0 Å². The minimum absolute atomic E-state index is 0. The van der Waals surface area contributed by atoms with Crippen molar-refractivity contribution in [3.05, 3.63) is 48.3 Å². The Morgan fingerprint density at radius 1 is 1.07 bits per heavy atom. The van der Waals surface area contributed by atoms with Gasteiger partial charge < -0.3 is 40.8 Å². The molecule has 0 unspecified atom stereocenters. The summed E-state index contributed by atoms with van der Waals surface area (Å²) < 4.78 is 27.5. The second kappa shape index (κ2) is 11.5. The van der Waals surface area contributed by atoms with Gasteiger partial charge in [0.25, 0.3) is 0 Å². The van der Waals surface area contributed by atoms with Crippen LogP contribution in [-0.2, 0) is 19.5 Å². The number of rotatable bonds is 9. The highest BCUT2D eigenvalue weighted by Crippen LogP contribution is 2.41. The van der Waals surface area contributed by atoms with E-state index in [2.05, 4.69) is 77.9 Å². The summed E-state index contributed by atoms with van der Waals surface area (Å²) in [7, 11) is 1.69. The lowest BCUT2D eigenvalue weighted by atomic mass is 9.95. The Morgan fingerprint density at radius 3 is 2.60 bits per heavy atom. The number of ether oxygens (including phenoxy) is 4. The van der Waals surface area contributed by atoms with Gasteiger partial charge in [0.05, 0.1) is 30.9 Å². The molecule has 0 N–H and O–H groups in total. The Hall–Kier alpha value is -3.53. The van der Waals surface area contributed by atoms with Gasteiger partial charge >= 0.3 is 0 Å². The van der Waals surface area contributed by atoms with Crippen molar-refractivity contribution in [2.75, 3.05) is 25.4 Å². The van der Waals surface area contributed by atoms with Crippen molar-refractivity contribution in [2.24, 2.45) is 0 Å². The SMILES string of the molecule is COc1ccc2cc3[n+](cc2c1OCCCn1cc(N(C(C)C)C(C)C)nn1)CCc1cc2c(cc1-3)OCO2.[Br-]. The second-order valence-corrected chi connectivity index (χ2v) is 10.7. The van der Waals surface area contributed by atoms with Gasteiger partial charge in [0, 0.05) is 37.5 Å². The van der Waals surface area contributed by atoms with Gasteiger partial charge in [0.2, 0.25) is 12.5 Å². The van der Waals surface area contributed by atoms with Crippen molar-refractivity contribution in [3.8, 4) is 34.3 Å². The van der Waals surface area contributed by atoms with E-state index in [0.717, 1.165) is 71.2 Å². The number of anilines is 1. The Labute approximate surface area is 245 Å². The monoisotopic (exact) mass is 609 g/mol. The van der Waals surface area contributed by atoms with Crippen LogP contribution in [0.25, 0.3) is 22.0 Å². The third-order valence-corrected chi connectivity index (χ3v) is 7.48. The Bertz CT molecular complexity index is 1510. The van der Waals surface area contributed by atoms with Gasteiger partial charge in [-0.25, -0.2) is 0 Å². The molecule has 6 rings (SSSR count). The molecule has 0 radical (unpaired) electrons. The number of halogens is 1. The first-order chi connectivity index (χ1) is 18.9.